The van der Waals surface area contributed by atoms with Gasteiger partial charge in [-0.15, -0.1) is 0 Å². The van der Waals surface area contributed by atoms with Gasteiger partial charge in [0, 0.05) is 16.4 Å². The number of fused-ring (bicyclic) bond motifs is 1. The van der Waals surface area contributed by atoms with E-state index in [4.69, 9.17) is 0 Å². The third kappa shape index (κ3) is 2.99. The number of nitrogens with one attached hydrogen (secondary N) is 1. The van der Waals surface area contributed by atoms with E-state index in [1.165, 1.54) is 16.7 Å². The van der Waals surface area contributed by atoms with Gasteiger partial charge < -0.3 is 5.32 Å². The van der Waals surface area contributed by atoms with Crippen LogP contribution in [-0.2, 0) is 6.42 Å². The summed E-state index contributed by atoms with van der Waals surface area (Å²) in [4.78, 5) is 17.1. The zero-order valence-electron chi connectivity index (χ0n) is 12.7. The summed E-state index contributed by atoms with van der Waals surface area (Å²) in [5.74, 6) is -0.715. The van der Waals surface area contributed by atoms with Gasteiger partial charge in [-0.2, -0.15) is 0 Å². The van der Waals surface area contributed by atoms with Gasteiger partial charge in [0.1, 0.15) is 17.2 Å². The molecule has 0 unspecified atom stereocenters. The largest absolute Gasteiger partial charge is 0.321 e. The first-order valence-corrected chi connectivity index (χ1v) is 8.03. The Balaban J connectivity index is 2.02. The number of hydrogen-bond acceptors (Lipinski definition) is 2. The zero-order valence-corrected chi connectivity index (χ0v) is 14.3. The van der Waals surface area contributed by atoms with Gasteiger partial charge in [-0.05, 0) is 49.2 Å². The highest BCUT2D eigenvalue weighted by Crippen LogP contribution is 2.21. The molecule has 4 nitrogen and oxygen atoms in total. The summed E-state index contributed by atoms with van der Waals surface area (Å²) in [5, 5.41) is 2.86. The van der Waals surface area contributed by atoms with Gasteiger partial charge in [-0.1, -0.05) is 22.9 Å². The zero-order chi connectivity index (χ0) is 16.6. The predicted octanol–water partition coefficient (Wildman–Crippen LogP) is 4.36. The summed E-state index contributed by atoms with van der Waals surface area (Å²) in [6, 6.07) is 8.46. The van der Waals surface area contributed by atoms with Gasteiger partial charge in [0.15, 0.2) is 0 Å². The van der Waals surface area contributed by atoms with Crippen LogP contribution in [0, 0.1) is 12.7 Å². The number of amides is 1. The van der Waals surface area contributed by atoms with Crippen molar-refractivity contribution in [1.82, 2.24) is 9.38 Å². The molecule has 0 atom stereocenters. The number of benzene rings is 1. The van der Waals surface area contributed by atoms with Crippen molar-refractivity contribution in [2.24, 2.45) is 0 Å². The van der Waals surface area contributed by atoms with E-state index in [1.54, 1.807) is 6.07 Å². The highest BCUT2D eigenvalue weighted by Gasteiger charge is 2.19. The number of halogens is 2. The maximum atomic E-state index is 13.5. The van der Waals surface area contributed by atoms with Gasteiger partial charge in [0.05, 0.1) is 5.69 Å². The molecule has 0 aliphatic carbocycles. The molecule has 23 heavy (non-hydrogen) atoms. The lowest BCUT2D eigenvalue weighted by molar-refractivity contribution is 0.102. The van der Waals surface area contributed by atoms with Crippen LogP contribution in [0.5, 0.6) is 0 Å². The van der Waals surface area contributed by atoms with Crippen molar-refractivity contribution in [3.63, 3.8) is 0 Å². The number of aromatic nitrogens is 2. The molecule has 6 heteroatoms. The molecule has 0 radical (unpaired) electrons. The molecule has 1 N–H and O–H groups in total. The second-order valence-electron chi connectivity index (χ2n) is 5.25. The van der Waals surface area contributed by atoms with E-state index >= 15 is 0 Å². The van der Waals surface area contributed by atoms with Crippen molar-refractivity contribution in [2.75, 3.05) is 5.32 Å². The van der Waals surface area contributed by atoms with E-state index in [-0.39, 0.29) is 5.91 Å². The van der Waals surface area contributed by atoms with Crippen LogP contribution in [0.1, 0.15) is 28.7 Å². The van der Waals surface area contributed by atoms with Crippen LogP contribution in [0.25, 0.3) is 5.65 Å². The van der Waals surface area contributed by atoms with Crippen LogP contribution in [-0.4, -0.2) is 15.3 Å². The Morgan fingerprint density at radius 2 is 2.13 bits per heavy atom. The topological polar surface area (TPSA) is 46.4 Å². The number of nitrogens with zero attached hydrogens (tertiary/aromatic N) is 2. The lowest BCUT2D eigenvalue weighted by Crippen LogP contribution is -2.16. The summed E-state index contributed by atoms with van der Waals surface area (Å²) in [6.45, 7) is 3.86. The monoisotopic (exact) mass is 375 g/mol. The van der Waals surface area contributed by atoms with Crippen LogP contribution in [0.15, 0.2) is 41.0 Å². The van der Waals surface area contributed by atoms with E-state index in [2.05, 4.69) is 26.2 Å². The van der Waals surface area contributed by atoms with Crippen LogP contribution >= 0.6 is 15.9 Å². The molecule has 0 fully saturated rings. The summed E-state index contributed by atoms with van der Waals surface area (Å²) >= 11 is 3.43. The summed E-state index contributed by atoms with van der Waals surface area (Å²) in [5.41, 5.74) is 3.26. The number of aryl methyl sites for hydroxylation is 2. The van der Waals surface area contributed by atoms with Crippen molar-refractivity contribution >= 4 is 33.2 Å². The molecular weight excluding hydrogens is 361 g/mol. The Bertz CT molecular complexity index is 904. The fraction of sp³-hybridized carbons (Fsp3) is 0.176. The van der Waals surface area contributed by atoms with Crippen molar-refractivity contribution in [3.8, 4) is 0 Å². The minimum Gasteiger partial charge on any atom is -0.321 e. The van der Waals surface area contributed by atoms with E-state index in [0.29, 0.717) is 29.1 Å². The molecule has 3 aromatic rings. The van der Waals surface area contributed by atoms with E-state index < -0.39 is 5.82 Å². The fourth-order valence-corrected chi connectivity index (χ4v) is 2.71. The Morgan fingerprint density at radius 1 is 1.35 bits per heavy atom. The van der Waals surface area contributed by atoms with Gasteiger partial charge in [0.2, 0.25) is 0 Å². The Labute approximate surface area is 141 Å². The smallest absolute Gasteiger partial charge is 0.274 e. The summed E-state index contributed by atoms with van der Waals surface area (Å²) < 4.78 is 16.0. The molecule has 2 heterocycles. The molecule has 3 rings (SSSR count). The molecule has 2 aromatic heterocycles. The molecule has 0 saturated heterocycles. The van der Waals surface area contributed by atoms with Crippen molar-refractivity contribution < 1.29 is 9.18 Å². The Hall–Kier alpha value is -2.21. The molecule has 0 aliphatic heterocycles. The molecule has 1 aromatic carbocycles. The quantitative estimate of drug-likeness (QED) is 0.739. The van der Waals surface area contributed by atoms with Crippen LogP contribution < -0.4 is 5.32 Å². The van der Waals surface area contributed by atoms with Gasteiger partial charge in [-0.25, -0.2) is 9.37 Å². The van der Waals surface area contributed by atoms with Crippen molar-refractivity contribution in [2.45, 2.75) is 20.3 Å². The SMILES string of the molecule is CCc1nc2ccc(F)cn2c1C(=O)Nc1ccc(Br)c(C)c1. The molecule has 0 saturated carbocycles. The van der Waals surface area contributed by atoms with E-state index in [9.17, 15) is 9.18 Å². The Morgan fingerprint density at radius 3 is 2.83 bits per heavy atom. The van der Waals surface area contributed by atoms with E-state index in [0.717, 1.165) is 10.0 Å². The second-order valence-corrected chi connectivity index (χ2v) is 6.11. The standard InChI is InChI=1S/C17H15BrFN3O/c1-3-14-16(22-9-11(19)4-7-15(22)21-14)17(23)20-12-5-6-13(18)10(2)8-12/h4-9H,3H2,1-2H3,(H,20,23). The first kappa shape index (κ1) is 15.7. The minimum absolute atomic E-state index is 0.304. The molecule has 1 amide bonds. The van der Waals surface area contributed by atoms with Crippen molar-refractivity contribution in [3.05, 3.63) is 63.8 Å². The highest BCUT2D eigenvalue weighted by molar-refractivity contribution is 9.10. The normalized spacial score (nSPS) is 11.0. The molecule has 118 valence electrons. The molecule has 0 spiro atoms. The average molecular weight is 376 g/mol. The highest BCUT2D eigenvalue weighted by atomic mass is 79.9. The Kier molecular flexibility index (Phi) is 4.17. The number of pyridine rings is 1. The number of anilines is 1. The minimum atomic E-state index is -0.411. The van der Waals surface area contributed by atoms with Gasteiger partial charge in [-0.3, -0.25) is 9.20 Å². The summed E-state index contributed by atoms with van der Waals surface area (Å²) in [6.07, 6.45) is 1.87. The predicted molar refractivity (Wildman–Crippen MR) is 91.4 cm³/mol. The number of imidazole rings is 1. The van der Waals surface area contributed by atoms with Crippen LogP contribution in [0.3, 0.4) is 0 Å². The molecule has 0 aliphatic rings. The average Bonchev–Trinajstić information content (AvgIpc) is 2.88. The van der Waals surface area contributed by atoms with Crippen LogP contribution in [0.2, 0.25) is 0 Å². The maximum Gasteiger partial charge on any atom is 0.274 e. The number of carbonyl (C=O) groups excluding carboxylic acids is 1. The molecule has 0 bridgehead atoms. The number of hydrogen-bond donors (Lipinski definition) is 1. The number of carbonyl (C=O) groups is 1. The van der Waals surface area contributed by atoms with Crippen molar-refractivity contribution in [1.29, 1.82) is 0 Å². The van der Waals surface area contributed by atoms with E-state index in [1.807, 2.05) is 32.0 Å². The lowest BCUT2D eigenvalue weighted by atomic mass is 10.2. The van der Waals surface area contributed by atoms with Gasteiger partial charge in [0.25, 0.3) is 5.91 Å². The maximum absolute atomic E-state index is 13.5. The third-order valence-electron chi connectivity index (χ3n) is 3.62. The summed E-state index contributed by atoms with van der Waals surface area (Å²) in [7, 11) is 0. The first-order chi connectivity index (χ1) is 11.0. The fourth-order valence-electron chi connectivity index (χ4n) is 2.47. The van der Waals surface area contributed by atoms with Gasteiger partial charge >= 0.3 is 0 Å². The second kappa shape index (κ2) is 6.12. The lowest BCUT2D eigenvalue weighted by Gasteiger charge is -2.08. The first-order valence-electron chi connectivity index (χ1n) is 7.23. The third-order valence-corrected chi connectivity index (χ3v) is 4.51. The molecular formula is C17H15BrFN3O. The van der Waals surface area contributed by atoms with Crippen LogP contribution in [0.4, 0.5) is 10.1 Å². The number of rotatable bonds is 3.